The van der Waals surface area contributed by atoms with E-state index in [-0.39, 0.29) is 0 Å². The Balaban J connectivity index is 2.14. The summed E-state index contributed by atoms with van der Waals surface area (Å²) in [6.07, 6.45) is 10.9. The molecule has 2 aromatic rings. The summed E-state index contributed by atoms with van der Waals surface area (Å²) in [5.41, 5.74) is 1.30. The molecule has 1 heterocycles. The number of aromatic nitrogens is 1. The third kappa shape index (κ3) is 2.88. The van der Waals surface area contributed by atoms with Gasteiger partial charge >= 0.3 is 0 Å². The molecule has 1 aromatic heterocycles. The first-order chi connectivity index (χ1) is 8.85. The fourth-order valence-electron chi connectivity index (χ4n) is 2.10. The smallest absolute Gasteiger partial charge is 0.0346 e. The lowest BCUT2D eigenvalue weighted by Crippen LogP contribution is -2.27. The second-order valence-electron chi connectivity index (χ2n) is 4.41. The highest BCUT2D eigenvalue weighted by molar-refractivity contribution is 5.84. The average molecular weight is 238 g/mol. The van der Waals surface area contributed by atoms with Gasteiger partial charge in [-0.15, -0.1) is 12.3 Å². The van der Waals surface area contributed by atoms with E-state index in [9.17, 15) is 0 Å². The summed E-state index contributed by atoms with van der Waals surface area (Å²) in [6, 6.07) is 8.77. The van der Waals surface area contributed by atoms with Gasteiger partial charge in [0.2, 0.25) is 0 Å². The molecule has 0 aliphatic carbocycles. The Labute approximate surface area is 108 Å². The molecule has 0 aliphatic rings. The van der Waals surface area contributed by atoms with Crippen molar-refractivity contribution in [3.05, 3.63) is 42.2 Å². The van der Waals surface area contributed by atoms with Crippen molar-refractivity contribution in [2.24, 2.45) is 0 Å². The Bertz CT molecular complexity index is 549. The Morgan fingerprint density at radius 1 is 1.39 bits per heavy atom. The van der Waals surface area contributed by atoms with Crippen molar-refractivity contribution in [1.29, 1.82) is 0 Å². The second kappa shape index (κ2) is 6.18. The average Bonchev–Trinajstić information content (AvgIpc) is 2.43. The maximum Gasteiger partial charge on any atom is 0.0346 e. The molecular weight excluding hydrogens is 220 g/mol. The predicted molar refractivity (Wildman–Crippen MR) is 76.1 cm³/mol. The lowest BCUT2D eigenvalue weighted by Gasteiger charge is -2.15. The van der Waals surface area contributed by atoms with Crippen LogP contribution in [0.4, 0.5) is 0 Å². The van der Waals surface area contributed by atoms with Gasteiger partial charge in [0.25, 0.3) is 0 Å². The number of fused-ring (bicyclic) bond motifs is 1. The van der Waals surface area contributed by atoms with Crippen LogP contribution in [-0.4, -0.2) is 11.0 Å². The summed E-state index contributed by atoms with van der Waals surface area (Å²) in [5, 5.41) is 5.96. The van der Waals surface area contributed by atoms with Crippen molar-refractivity contribution in [3.63, 3.8) is 0 Å². The topological polar surface area (TPSA) is 24.9 Å². The molecule has 2 nitrogen and oxygen atoms in total. The summed E-state index contributed by atoms with van der Waals surface area (Å²) in [4.78, 5) is 4.15. The molecule has 0 saturated carbocycles. The molecule has 92 valence electrons. The fourth-order valence-corrected chi connectivity index (χ4v) is 2.10. The highest BCUT2D eigenvalue weighted by Crippen LogP contribution is 2.17. The molecule has 2 rings (SSSR count). The molecule has 0 saturated heterocycles. The van der Waals surface area contributed by atoms with Crippen LogP contribution in [0.3, 0.4) is 0 Å². The molecule has 0 fully saturated rings. The van der Waals surface area contributed by atoms with Gasteiger partial charge in [0.1, 0.15) is 0 Å². The zero-order valence-electron chi connectivity index (χ0n) is 10.7. The molecule has 0 radical (unpaired) electrons. The van der Waals surface area contributed by atoms with Gasteiger partial charge in [-0.25, -0.2) is 0 Å². The zero-order valence-corrected chi connectivity index (χ0v) is 10.7. The monoisotopic (exact) mass is 238 g/mol. The maximum absolute atomic E-state index is 5.37. The van der Waals surface area contributed by atoms with E-state index < -0.39 is 0 Å². The van der Waals surface area contributed by atoms with Gasteiger partial charge in [0, 0.05) is 36.8 Å². The standard InChI is InChI=1S/C16H18N2/c1-3-6-15(4-2)18-12-14-8-5-7-13-11-17-10-9-16(13)14/h1,5,7-11,15,18H,4,6,12H2,2H3. The quantitative estimate of drug-likeness (QED) is 0.809. The number of pyridine rings is 1. The van der Waals surface area contributed by atoms with Gasteiger partial charge in [0.05, 0.1) is 0 Å². The van der Waals surface area contributed by atoms with Gasteiger partial charge in [-0.1, -0.05) is 25.1 Å². The Morgan fingerprint density at radius 2 is 2.28 bits per heavy atom. The maximum atomic E-state index is 5.37. The van der Waals surface area contributed by atoms with E-state index in [0.29, 0.717) is 6.04 Å². The molecule has 0 spiro atoms. The molecule has 1 N–H and O–H groups in total. The van der Waals surface area contributed by atoms with E-state index in [1.54, 1.807) is 0 Å². The van der Waals surface area contributed by atoms with Crippen molar-refractivity contribution < 1.29 is 0 Å². The van der Waals surface area contributed by atoms with Crippen molar-refractivity contribution in [3.8, 4) is 12.3 Å². The Hall–Kier alpha value is -1.85. The van der Waals surface area contributed by atoms with Crippen molar-refractivity contribution >= 4 is 10.8 Å². The van der Waals surface area contributed by atoms with E-state index in [0.717, 1.165) is 19.4 Å². The molecule has 2 heteroatoms. The normalized spacial score (nSPS) is 12.2. The molecule has 0 aliphatic heterocycles. The minimum Gasteiger partial charge on any atom is -0.309 e. The van der Waals surface area contributed by atoms with E-state index >= 15 is 0 Å². The lowest BCUT2D eigenvalue weighted by atomic mass is 10.1. The van der Waals surface area contributed by atoms with Crippen molar-refractivity contribution in [1.82, 2.24) is 10.3 Å². The van der Waals surface area contributed by atoms with E-state index in [4.69, 9.17) is 6.42 Å². The van der Waals surface area contributed by atoms with Gasteiger partial charge < -0.3 is 5.32 Å². The van der Waals surface area contributed by atoms with Crippen LogP contribution in [0.2, 0.25) is 0 Å². The third-order valence-corrected chi connectivity index (χ3v) is 3.21. The SMILES string of the molecule is C#CCC(CC)NCc1cccc2cnccc12. The highest BCUT2D eigenvalue weighted by Gasteiger charge is 2.05. The van der Waals surface area contributed by atoms with Gasteiger partial charge in [0.15, 0.2) is 0 Å². The van der Waals surface area contributed by atoms with Crippen LogP contribution in [0, 0.1) is 12.3 Å². The summed E-state index contributed by atoms with van der Waals surface area (Å²) in [5.74, 6) is 2.72. The van der Waals surface area contributed by atoms with Crippen LogP contribution >= 0.6 is 0 Å². The molecular formula is C16H18N2. The first kappa shape index (κ1) is 12.6. The predicted octanol–water partition coefficient (Wildman–Crippen LogP) is 3.13. The van der Waals surface area contributed by atoms with Gasteiger partial charge in [-0.05, 0) is 23.4 Å². The molecule has 0 amide bonds. The van der Waals surface area contributed by atoms with Crippen LogP contribution < -0.4 is 5.32 Å². The summed E-state index contributed by atoms with van der Waals surface area (Å²) in [6.45, 7) is 3.00. The van der Waals surface area contributed by atoms with Crippen molar-refractivity contribution in [2.75, 3.05) is 0 Å². The van der Waals surface area contributed by atoms with Crippen LogP contribution in [0.1, 0.15) is 25.3 Å². The van der Waals surface area contributed by atoms with Crippen LogP contribution in [0.5, 0.6) is 0 Å². The third-order valence-electron chi connectivity index (χ3n) is 3.21. The summed E-state index contributed by atoms with van der Waals surface area (Å²) < 4.78 is 0. The molecule has 1 unspecified atom stereocenters. The second-order valence-corrected chi connectivity index (χ2v) is 4.41. The highest BCUT2D eigenvalue weighted by atomic mass is 14.9. The first-order valence-corrected chi connectivity index (χ1v) is 6.33. The van der Waals surface area contributed by atoms with E-state index in [2.05, 4.69) is 47.4 Å². The molecule has 1 aromatic carbocycles. The van der Waals surface area contributed by atoms with E-state index in [1.807, 2.05) is 12.4 Å². The largest absolute Gasteiger partial charge is 0.309 e. The number of benzene rings is 1. The Kier molecular flexibility index (Phi) is 4.33. The number of terminal acetylenes is 1. The number of hydrogen-bond acceptors (Lipinski definition) is 2. The zero-order chi connectivity index (χ0) is 12.8. The van der Waals surface area contributed by atoms with Crippen LogP contribution in [-0.2, 0) is 6.54 Å². The minimum absolute atomic E-state index is 0.395. The first-order valence-electron chi connectivity index (χ1n) is 6.33. The number of nitrogens with one attached hydrogen (secondary N) is 1. The summed E-state index contributed by atoms with van der Waals surface area (Å²) >= 11 is 0. The summed E-state index contributed by atoms with van der Waals surface area (Å²) in [7, 11) is 0. The van der Waals surface area contributed by atoms with Gasteiger partial charge in [-0.2, -0.15) is 0 Å². The Morgan fingerprint density at radius 3 is 3.06 bits per heavy atom. The lowest BCUT2D eigenvalue weighted by molar-refractivity contribution is 0.508. The number of nitrogens with zero attached hydrogens (tertiary/aromatic N) is 1. The fraction of sp³-hybridized carbons (Fsp3) is 0.312. The molecule has 1 atom stereocenters. The van der Waals surface area contributed by atoms with Crippen LogP contribution in [0.15, 0.2) is 36.7 Å². The molecule has 18 heavy (non-hydrogen) atoms. The van der Waals surface area contributed by atoms with Crippen LogP contribution in [0.25, 0.3) is 10.8 Å². The van der Waals surface area contributed by atoms with E-state index in [1.165, 1.54) is 16.3 Å². The number of hydrogen-bond donors (Lipinski definition) is 1. The number of rotatable bonds is 5. The minimum atomic E-state index is 0.395. The van der Waals surface area contributed by atoms with Crippen molar-refractivity contribution in [2.45, 2.75) is 32.4 Å². The van der Waals surface area contributed by atoms with Gasteiger partial charge in [-0.3, -0.25) is 4.98 Å². The molecule has 0 bridgehead atoms.